The Morgan fingerprint density at radius 2 is 1.69 bits per heavy atom. The van der Waals surface area contributed by atoms with Crippen LogP contribution in [0.25, 0.3) is 0 Å². The number of rotatable bonds is 8. The molecular formula is C12H22O. The average Bonchev–Trinajstić information content (AvgIpc) is 2.16. The van der Waals surface area contributed by atoms with Crippen LogP contribution in [0, 0.1) is 0 Å². The molecule has 0 amide bonds. The Labute approximate surface area is 82.2 Å². The lowest BCUT2D eigenvalue weighted by Crippen LogP contribution is -1.77. The summed E-state index contributed by atoms with van der Waals surface area (Å²) < 4.78 is 0. The Balaban J connectivity index is 3.15. The van der Waals surface area contributed by atoms with Crippen molar-refractivity contribution >= 4 is 0 Å². The van der Waals surface area contributed by atoms with Gasteiger partial charge in [0.25, 0.3) is 0 Å². The predicted molar refractivity (Wildman–Crippen MR) is 57.7 cm³/mol. The van der Waals surface area contributed by atoms with E-state index < -0.39 is 0 Å². The maximum Gasteiger partial charge on any atom is 0.0434 e. The third-order valence-corrected chi connectivity index (χ3v) is 1.94. The molecule has 1 N–H and O–H groups in total. The summed E-state index contributed by atoms with van der Waals surface area (Å²) in [6.45, 7) is 2.51. The zero-order chi connectivity index (χ0) is 9.78. The minimum atomic E-state index is 0.286. The minimum Gasteiger partial charge on any atom is -0.396 e. The van der Waals surface area contributed by atoms with E-state index >= 15 is 0 Å². The smallest absolute Gasteiger partial charge is 0.0434 e. The summed E-state index contributed by atoms with van der Waals surface area (Å²) in [5.41, 5.74) is 3.14. The second-order valence-corrected chi connectivity index (χ2v) is 3.29. The van der Waals surface area contributed by atoms with Crippen LogP contribution in [0.3, 0.4) is 0 Å². The number of aliphatic hydroxyl groups is 1. The topological polar surface area (TPSA) is 20.2 Å². The van der Waals surface area contributed by atoms with E-state index in [2.05, 4.69) is 18.7 Å². The van der Waals surface area contributed by atoms with Gasteiger partial charge in [0.05, 0.1) is 0 Å². The summed E-state index contributed by atoms with van der Waals surface area (Å²) in [5.74, 6) is 0. The molecule has 0 aliphatic heterocycles. The third-order valence-electron chi connectivity index (χ3n) is 1.94. The summed E-state index contributed by atoms with van der Waals surface area (Å²) in [6, 6.07) is 0. The van der Waals surface area contributed by atoms with E-state index in [0.717, 1.165) is 19.3 Å². The van der Waals surface area contributed by atoms with Crippen LogP contribution in [0.4, 0.5) is 0 Å². The highest BCUT2D eigenvalue weighted by atomic mass is 16.2. The molecule has 0 radical (unpaired) electrons. The van der Waals surface area contributed by atoms with E-state index in [1.54, 1.807) is 0 Å². The summed E-state index contributed by atoms with van der Waals surface area (Å²) in [6.07, 6.45) is 12.3. The second kappa shape index (κ2) is 11.5. The third kappa shape index (κ3) is 11.5. The van der Waals surface area contributed by atoms with E-state index in [0.29, 0.717) is 0 Å². The lowest BCUT2D eigenvalue weighted by Gasteiger charge is -1.92. The molecule has 0 saturated carbocycles. The fraction of sp³-hybridized carbons (Fsp3) is 0.750. The van der Waals surface area contributed by atoms with Crippen LogP contribution in [-0.2, 0) is 0 Å². The van der Waals surface area contributed by atoms with Crippen molar-refractivity contribution in [1.29, 1.82) is 0 Å². The molecule has 0 bridgehead atoms. The van der Waals surface area contributed by atoms with Gasteiger partial charge in [0.1, 0.15) is 0 Å². The van der Waals surface area contributed by atoms with Gasteiger partial charge in [-0.3, -0.25) is 0 Å². The van der Waals surface area contributed by atoms with Gasteiger partial charge in [-0.2, -0.15) is 0 Å². The molecule has 0 aromatic heterocycles. The van der Waals surface area contributed by atoms with Crippen LogP contribution in [-0.4, -0.2) is 11.7 Å². The zero-order valence-corrected chi connectivity index (χ0v) is 8.76. The van der Waals surface area contributed by atoms with Crippen molar-refractivity contribution in [1.82, 2.24) is 0 Å². The molecule has 13 heavy (non-hydrogen) atoms. The van der Waals surface area contributed by atoms with Gasteiger partial charge in [-0.15, -0.1) is 5.73 Å². The first-order valence-electron chi connectivity index (χ1n) is 5.42. The Kier molecular flexibility index (Phi) is 11.0. The number of hydrogen-bond acceptors (Lipinski definition) is 1. The standard InChI is InChI=1S/C12H22O/c1-2-3-4-5-6-7-8-9-10-11-12-13/h7,9,13H,2-6,10-12H2,1H3. The number of aliphatic hydroxyl groups excluding tert-OH is 1. The Bertz CT molecular complexity index is 143. The molecule has 0 saturated heterocycles. The van der Waals surface area contributed by atoms with E-state index in [9.17, 15) is 0 Å². The van der Waals surface area contributed by atoms with Crippen molar-refractivity contribution in [3.63, 3.8) is 0 Å². The summed E-state index contributed by atoms with van der Waals surface area (Å²) in [4.78, 5) is 0. The van der Waals surface area contributed by atoms with Gasteiger partial charge < -0.3 is 5.11 Å². The van der Waals surface area contributed by atoms with Crippen molar-refractivity contribution in [2.75, 3.05) is 6.61 Å². The van der Waals surface area contributed by atoms with Gasteiger partial charge in [0, 0.05) is 6.61 Å². The number of unbranched alkanes of at least 4 members (excludes halogenated alkanes) is 5. The highest BCUT2D eigenvalue weighted by Gasteiger charge is 1.83. The van der Waals surface area contributed by atoms with E-state index in [1.165, 1.54) is 25.7 Å². The monoisotopic (exact) mass is 182 g/mol. The quantitative estimate of drug-likeness (QED) is 0.450. The van der Waals surface area contributed by atoms with Crippen LogP contribution < -0.4 is 0 Å². The first-order chi connectivity index (χ1) is 6.41. The lowest BCUT2D eigenvalue weighted by molar-refractivity contribution is 0.289. The fourth-order valence-corrected chi connectivity index (χ4v) is 1.12. The molecular weight excluding hydrogens is 160 g/mol. The van der Waals surface area contributed by atoms with Crippen LogP contribution in [0.5, 0.6) is 0 Å². The molecule has 0 heterocycles. The normalized spacial score (nSPS) is 9.38. The maximum absolute atomic E-state index is 8.51. The molecule has 76 valence electrons. The van der Waals surface area contributed by atoms with Crippen molar-refractivity contribution in [3.8, 4) is 0 Å². The molecule has 0 unspecified atom stereocenters. The van der Waals surface area contributed by atoms with Gasteiger partial charge in [-0.05, 0) is 37.8 Å². The number of hydrogen-bond donors (Lipinski definition) is 1. The van der Waals surface area contributed by atoms with Gasteiger partial charge in [-0.1, -0.05) is 26.2 Å². The molecule has 0 spiro atoms. The summed E-state index contributed by atoms with van der Waals surface area (Å²) in [5, 5.41) is 8.51. The predicted octanol–water partition coefficient (Wildman–Crippen LogP) is 3.44. The molecule has 0 aromatic carbocycles. The van der Waals surface area contributed by atoms with Crippen LogP contribution in [0.2, 0.25) is 0 Å². The molecule has 1 heteroatoms. The van der Waals surface area contributed by atoms with Crippen molar-refractivity contribution < 1.29 is 5.11 Å². The fourth-order valence-electron chi connectivity index (χ4n) is 1.12. The first kappa shape index (κ1) is 12.5. The average molecular weight is 182 g/mol. The van der Waals surface area contributed by atoms with Crippen LogP contribution in [0.15, 0.2) is 17.9 Å². The van der Waals surface area contributed by atoms with E-state index in [1.807, 2.05) is 6.08 Å². The van der Waals surface area contributed by atoms with Crippen LogP contribution >= 0.6 is 0 Å². The van der Waals surface area contributed by atoms with Gasteiger partial charge in [0.15, 0.2) is 0 Å². The minimum absolute atomic E-state index is 0.286. The van der Waals surface area contributed by atoms with Crippen molar-refractivity contribution in [3.05, 3.63) is 17.9 Å². The van der Waals surface area contributed by atoms with E-state index in [4.69, 9.17) is 5.11 Å². The summed E-state index contributed by atoms with van der Waals surface area (Å²) in [7, 11) is 0. The molecule has 0 aromatic rings. The highest BCUT2D eigenvalue weighted by molar-refractivity contribution is 4.84. The lowest BCUT2D eigenvalue weighted by atomic mass is 10.1. The van der Waals surface area contributed by atoms with E-state index in [-0.39, 0.29) is 6.61 Å². The SMILES string of the molecule is CCCCCCC=C=CCCCO. The largest absolute Gasteiger partial charge is 0.396 e. The van der Waals surface area contributed by atoms with Gasteiger partial charge in [0.2, 0.25) is 0 Å². The molecule has 0 atom stereocenters. The van der Waals surface area contributed by atoms with Gasteiger partial charge >= 0.3 is 0 Å². The molecule has 0 fully saturated rings. The first-order valence-corrected chi connectivity index (χ1v) is 5.42. The highest BCUT2D eigenvalue weighted by Crippen LogP contribution is 2.02. The molecule has 0 aliphatic rings. The van der Waals surface area contributed by atoms with Crippen LogP contribution in [0.1, 0.15) is 51.9 Å². The summed E-state index contributed by atoms with van der Waals surface area (Å²) >= 11 is 0. The molecule has 0 rings (SSSR count). The molecule has 0 aliphatic carbocycles. The van der Waals surface area contributed by atoms with Crippen molar-refractivity contribution in [2.24, 2.45) is 0 Å². The maximum atomic E-state index is 8.51. The Morgan fingerprint density at radius 3 is 2.31 bits per heavy atom. The Hall–Kier alpha value is -0.520. The van der Waals surface area contributed by atoms with Crippen molar-refractivity contribution in [2.45, 2.75) is 51.9 Å². The Morgan fingerprint density at radius 1 is 1.00 bits per heavy atom. The molecule has 1 nitrogen and oxygen atoms in total. The van der Waals surface area contributed by atoms with Gasteiger partial charge in [-0.25, -0.2) is 0 Å². The number of allylic oxidation sites excluding steroid dienone is 1. The zero-order valence-electron chi connectivity index (χ0n) is 8.76. The second-order valence-electron chi connectivity index (χ2n) is 3.29.